The van der Waals surface area contributed by atoms with Gasteiger partial charge in [-0.1, -0.05) is 23.7 Å². The first kappa shape index (κ1) is 15.3. The molecule has 0 aromatic heterocycles. The van der Waals surface area contributed by atoms with Gasteiger partial charge < -0.3 is 5.11 Å². The average Bonchev–Trinajstić information content (AvgIpc) is 2.36. The first-order chi connectivity index (χ1) is 9.76. The van der Waals surface area contributed by atoms with Crippen LogP contribution in [0.2, 0.25) is 5.02 Å². The Morgan fingerprint density at radius 2 is 1.90 bits per heavy atom. The quantitative estimate of drug-likeness (QED) is 0.904. The first-order valence-corrected chi connectivity index (χ1v) is 8.14. The number of carbonyl (C=O) groups is 1. The van der Waals surface area contributed by atoms with Crippen molar-refractivity contribution in [1.82, 2.24) is 0 Å². The molecule has 2 rings (SSSR count). The lowest BCUT2D eigenvalue weighted by Crippen LogP contribution is -2.09. The van der Waals surface area contributed by atoms with Crippen LogP contribution in [0.4, 0.5) is 5.69 Å². The molecule has 0 unspecified atom stereocenters. The summed E-state index contributed by atoms with van der Waals surface area (Å²) in [6.45, 7) is 0. The van der Waals surface area contributed by atoms with Gasteiger partial charge in [0.25, 0.3) is 0 Å². The molecule has 0 saturated carbocycles. The molecule has 2 aromatic rings. The monoisotopic (exact) mass is 325 g/mol. The fourth-order valence-electron chi connectivity index (χ4n) is 1.91. The molecule has 0 atom stereocenters. The minimum absolute atomic E-state index is 0.0934. The molecule has 5 nitrogen and oxygen atoms in total. The van der Waals surface area contributed by atoms with Crippen LogP contribution in [-0.4, -0.2) is 25.7 Å². The highest BCUT2D eigenvalue weighted by Crippen LogP contribution is 2.29. The van der Waals surface area contributed by atoms with Gasteiger partial charge in [0.05, 0.1) is 11.8 Å². The number of carboxylic acids is 1. The van der Waals surface area contributed by atoms with E-state index in [0.29, 0.717) is 21.8 Å². The fourth-order valence-corrected chi connectivity index (χ4v) is 2.63. The summed E-state index contributed by atoms with van der Waals surface area (Å²) in [7, 11) is -3.40. The zero-order valence-electron chi connectivity index (χ0n) is 11.0. The van der Waals surface area contributed by atoms with Crippen LogP contribution >= 0.6 is 11.6 Å². The van der Waals surface area contributed by atoms with E-state index in [2.05, 4.69) is 4.72 Å². The van der Waals surface area contributed by atoms with Crippen LogP contribution in [-0.2, 0) is 10.0 Å². The van der Waals surface area contributed by atoms with E-state index in [4.69, 9.17) is 11.6 Å². The fraction of sp³-hybridized carbons (Fsp3) is 0.0714. The van der Waals surface area contributed by atoms with Gasteiger partial charge in [0.15, 0.2) is 0 Å². The van der Waals surface area contributed by atoms with Crippen LogP contribution in [0.25, 0.3) is 11.1 Å². The van der Waals surface area contributed by atoms with Gasteiger partial charge in [-0.3, -0.25) is 4.72 Å². The van der Waals surface area contributed by atoms with E-state index >= 15 is 0 Å². The number of nitrogens with one attached hydrogen (secondary N) is 1. The van der Waals surface area contributed by atoms with Crippen molar-refractivity contribution < 1.29 is 18.3 Å². The van der Waals surface area contributed by atoms with Gasteiger partial charge in [-0.2, -0.15) is 0 Å². The number of carboxylic acid groups (broad SMARTS) is 1. The molecule has 0 fully saturated rings. The number of benzene rings is 2. The first-order valence-electron chi connectivity index (χ1n) is 5.87. The number of halogens is 1. The second-order valence-corrected chi connectivity index (χ2v) is 6.63. The summed E-state index contributed by atoms with van der Waals surface area (Å²) in [4.78, 5) is 11.3. The van der Waals surface area contributed by atoms with Crippen LogP contribution in [0, 0.1) is 0 Å². The van der Waals surface area contributed by atoms with Crippen molar-refractivity contribution in [3.05, 3.63) is 53.1 Å². The van der Waals surface area contributed by atoms with E-state index in [9.17, 15) is 18.3 Å². The SMILES string of the molecule is CS(=O)(=O)Nc1cccc(-c2cc(Cl)ccc2C(=O)O)c1. The maximum absolute atomic E-state index is 11.3. The highest BCUT2D eigenvalue weighted by atomic mass is 35.5. The molecule has 2 aromatic carbocycles. The third-order valence-electron chi connectivity index (χ3n) is 2.69. The van der Waals surface area contributed by atoms with Crippen molar-refractivity contribution in [3.63, 3.8) is 0 Å². The van der Waals surface area contributed by atoms with Crippen LogP contribution in [0.3, 0.4) is 0 Å². The van der Waals surface area contributed by atoms with E-state index in [1.165, 1.54) is 18.2 Å². The summed E-state index contributed by atoms with van der Waals surface area (Å²) in [5.74, 6) is -1.08. The van der Waals surface area contributed by atoms with Crippen molar-refractivity contribution in [2.24, 2.45) is 0 Å². The van der Waals surface area contributed by atoms with Crippen LogP contribution in [0.5, 0.6) is 0 Å². The number of sulfonamides is 1. The maximum Gasteiger partial charge on any atom is 0.336 e. The Balaban J connectivity index is 2.54. The van der Waals surface area contributed by atoms with Gasteiger partial charge in [-0.15, -0.1) is 0 Å². The van der Waals surface area contributed by atoms with Crippen LogP contribution < -0.4 is 4.72 Å². The zero-order chi connectivity index (χ0) is 15.6. The summed E-state index contributed by atoms with van der Waals surface area (Å²) in [6.07, 6.45) is 1.04. The lowest BCUT2D eigenvalue weighted by Gasteiger charge is -2.10. The van der Waals surface area contributed by atoms with E-state index in [1.54, 1.807) is 24.3 Å². The van der Waals surface area contributed by atoms with Crippen molar-refractivity contribution in [2.45, 2.75) is 0 Å². The van der Waals surface area contributed by atoms with E-state index < -0.39 is 16.0 Å². The molecule has 2 N–H and O–H groups in total. The molecule has 7 heteroatoms. The second-order valence-electron chi connectivity index (χ2n) is 4.45. The molecule has 0 aliphatic heterocycles. The van der Waals surface area contributed by atoms with Gasteiger partial charge in [0, 0.05) is 10.7 Å². The lowest BCUT2D eigenvalue weighted by molar-refractivity contribution is 0.0697. The summed E-state index contributed by atoms with van der Waals surface area (Å²) in [5, 5.41) is 9.62. The Kier molecular flexibility index (Phi) is 4.20. The average molecular weight is 326 g/mol. The molecular formula is C14H12ClNO4S. The number of hydrogen-bond acceptors (Lipinski definition) is 3. The molecule has 0 aliphatic carbocycles. The maximum atomic E-state index is 11.3. The van der Waals surface area contributed by atoms with Gasteiger partial charge in [0.1, 0.15) is 0 Å². The highest BCUT2D eigenvalue weighted by Gasteiger charge is 2.13. The summed E-state index contributed by atoms with van der Waals surface area (Å²) in [5.41, 5.74) is 1.43. The van der Waals surface area contributed by atoms with Gasteiger partial charge >= 0.3 is 5.97 Å². The van der Waals surface area contributed by atoms with Crippen LogP contribution in [0.15, 0.2) is 42.5 Å². The highest BCUT2D eigenvalue weighted by molar-refractivity contribution is 7.92. The Morgan fingerprint density at radius 1 is 1.19 bits per heavy atom. The number of aromatic carboxylic acids is 1. The van der Waals surface area contributed by atoms with E-state index in [-0.39, 0.29) is 5.56 Å². The van der Waals surface area contributed by atoms with Crippen molar-refractivity contribution in [1.29, 1.82) is 0 Å². The summed E-state index contributed by atoms with van der Waals surface area (Å²) >= 11 is 5.91. The Hall–Kier alpha value is -2.05. The largest absolute Gasteiger partial charge is 0.478 e. The summed E-state index contributed by atoms with van der Waals surface area (Å²) < 4.78 is 24.8. The normalized spacial score (nSPS) is 11.1. The molecule has 21 heavy (non-hydrogen) atoms. The van der Waals surface area contributed by atoms with Crippen LogP contribution in [0.1, 0.15) is 10.4 Å². The molecule has 0 heterocycles. The molecule has 110 valence electrons. The second kappa shape index (κ2) is 5.75. The Labute approximate surface area is 127 Å². The number of rotatable bonds is 4. The Morgan fingerprint density at radius 3 is 2.52 bits per heavy atom. The van der Waals surface area contributed by atoms with Gasteiger partial charge in [-0.25, -0.2) is 13.2 Å². The molecule has 0 bridgehead atoms. The predicted octanol–water partition coefficient (Wildman–Crippen LogP) is 3.08. The molecular weight excluding hydrogens is 314 g/mol. The molecule has 0 radical (unpaired) electrons. The third kappa shape index (κ3) is 3.96. The topological polar surface area (TPSA) is 83.5 Å². The number of hydrogen-bond donors (Lipinski definition) is 2. The van der Waals surface area contributed by atoms with Gasteiger partial charge in [-0.05, 0) is 41.5 Å². The summed E-state index contributed by atoms with van der Waals surface area (Å²) in [6, 6.07) is 10.9. The standard InChI is InChI=1S/C14H12ClNO4S/c1-21(19,20)16-11-4-2-3-9(7-11)13-8-10(15)5-6-12(13)14(17)18/h2-8,16H,1H3,(H,17,18). The van der Waals surface area contributed by atoms with Crippen molar-refractivity contribution in [2.75, 3.05) is 11.0 Å². The van der Waals surface area contributed by atoms with Gasteiger partial charge in [0.2, 0.25) is 10.0 Å². The smallest absolute Gasteiger partial charge is 0.336 e. The van der Waals surface area contributed by atoms with Crippen molar-refractivity contribution >= 4 is 33.3 Å². The number of anilines is 1. The minimum atomic E-state index is -3.40. The molecule has 0 spiro atoms. The zero-order valence-corrected chi connectivity index (χ0v) is 12.6. The molecule has 0 amide bonds. The molecule has 0 saturated heterocycles. The predicted molar refractivity (Wildman–Crippen MR) is 82.3 cm³/mol. The Bertz CT molecular complexity index is 802. The minimum Gasteiger partial charge on any atom is -0.478 e. The lowest BCUT2D eigenvalue weighted by atomic mass is 9.99. The van der Waals surface area contributed by atoms with E-state index in [0.717, 1.165) is 6.26 Å². The third-order valence-corrected chi connectivity index (χ3v) is 3.53. The van der Waals surface area contributed by atoms with E-state index in [1.807, 2.05) is 0 Å². The van der Waals surface area contributed by atoms with Crippen molar-refractivity contribution in [3.8, 4) is 11.1 Å². The molecule has 0 aliphatic rings.